The smallest absolute Gasteiger partial charge is 0.338 e. The first kappa shape index (κ1) is 22.2. The van der Waals surface area contributed by atoms with Crippen LogP contribution >= 0.6 is 0 Å². The summed E-state index contributed by atoms with van der Waals surface area (Å²) in [5.41, 5.74) is 1.31. The molecule has 3 rings (SSSR count). The fourth-order valence-corrected chi connectivity index (χ4v) is 3.54. The van der Waals surface area contributed by atoms with Gasteiger partial charge >= 0.3 is 5.97 Å². The van der Waals surface area contributed by atoms with E-state index in [1.807, 2.05) is 51.1 Å². The number of anilines is 1. The van der Waals surface area contributed by atoms with E-state index in [2.05, 4.69) is 0 Å². The van der Waals surface area contributed by atoms with Gasteiger partial charge in [0, 0.05) is 18.3 Å². The molecule has 0 radical (unpaired) electrons. The van der Waals surface area contributed by atoms with Gasteiger partial charge in [0.25, 0.3) is 17.7 Å². The number of amides is 3. The lowest BCUT2D eigenvalue weighted by atomic mass is 10.1. The van der Waals surface area contributed by atoms with Gasteiger partial charge in [-0.05, 0) is 50.6 Å². The summed E-state index contributed by atoms with van der Waals surface area (Å²) in [6, 6.07) is 13.3. The topological polar surface area (TPSA) is 84.0 Å². The van der Waals surface area contributed by atoms with Crippen LogP contribution in [0.1, 0.15) is 64.7 Å². The van der Waals surface area contributed by atoms with E-state index in [1.54, 1.807) is 4.90 Å². The average molecular weight is 422 g/mol. The Morgan fingerprint density at radius 1 is 1.00 bits per heavy atom. The highest BCUT2D eigenvalue weighted by Gasteiger charge is 2.35. The van der Waals surface area contributed by atoms with E-state index in [0.29, 0.717) is 12.2 Å². The number of unbranched alkanes of at least 4 members (excludes halogenated alkanes) is 1. The van der Waals surface area contributed by atoms with E-state index in [1.165, 1.54) is 23.1 Å². The molecule has 0 aliphatic carbocycles. The zero-order chi connectivity index (χ0) is 22.5. The van der Waals surface area contributed by atoms with Crippen molar-refractivity contribution in [3.63, 3.8) is 0 Å². The normalized spacial score (nSPS) is 12.8. The van der Waals surface area contributed by atoms with Gasteiger partial charge in [0.15, 0.2) is 6.61 Å². The number of rotatable bonds is 8. The van der Waals surface area contributed by atoms with Crippen LogP contribution in [0.2, 0.25) is 0 Å². The molecule has 1 aliphatic heterocycles. The third-order valence-corrected chi connectivity index (χ3v) is 5.09. The molecule has 31 heavy (non-hydrogen) atoms. The highest BCUT2D eigenvalue weighted by Crippen LogP contribution is 2.25. The standard InChI is InChI=1S/C24H26N2O5/c1-4-5-13-25-22(28)19-12-11-17(14-20(19)23(25)29)24(30)31-15-21(27)26(16(2)3)18-9-7-6-8-10-18/h6-12,14,16H,4-5,13,15H2,1-3H3. The lowest BCUT2D eigenvalue weighted by Crippen LogP contribution is -2.39. The maximum Gasteiger partial charge on any atom is 0.338 e. The summed E-state index contributed by atoms with van der Waals surface area (Å²) < 4.78 is 5.22. The maximum atomic E-state index is 12.7. The molecule has 0 spiro atoms. The third kappa shape index (κ3) is 4.66. The molecular formula is C24H26N2O5. The fraction of sp³-hybridized carbons (Fsp3) is 0.333. The van der Waals surface area contributed by atoms with Crippen LogP contribution in [0.4, 0.5) is 5.69 Å². The van der Waals surface area contributed by atoms with Crippen LogP contribution in [0.15, 0.2) is 48.5 Å². The molecule has 0 atom stereocenters. The lowest BCUT2D eigenvalue weighted by molar-refractivity contribution is -0.122. The molecule has 1 aliphatic rings. The molecule has 0 unspecified atom stereocenters. The monoisotopic (exact) mass is 422 g/mol. The van der Waals surface area contributed by atoms with E-state index >= 15 is 0 Å². The first-order valence-electron chi connectivity index (χ1n) is 10.4. The Balaban J connectivity index is 1.70. The number of carbonyl (C=O) groups is 4. The largest absolute Gasteiger partial charge is 0.452 e. The zero-order valence-electron chi connectivity index (χ0n) is 18.0. The predicted octanol–water partition coefficient (Wildman–Crippen LogP) is 3.68. The van der Waals surface area contributed by atoms with Gasteiger partial charge in [-0.25, -0.2) is 4.79 Å². The van der Waals surface area contributed by atoms with Crippen LogP contribution in [0.5, 0.6) is 0 Å². The van der Waals surface area contributed by atoms with Gasteiger partial charge in [0.05, 0.1) is 16.7 Å². The van der Waals surface area contributed by atoms with Gasteiger partial charge in [-0.3, -0.25) is 19.3 Å². The molecule has 1 heterocycles. The van der Waals surface area contributed by atoms with Gasteiger partial charge in [-0.1, -0.05) is 31.5 Å². The minimum Gasteiger partial charge on any atom is -0.452 e. The Morgan fingerprint density at radius 2 is 1.68 bits per heavy atom. The van der Waals surface area contributed by atoms with Gasteiger partial charge < -0.3 is 9.64 Å². The second kappa shape index (κ2) is 9.55. The number of carbonyl (C=O) groups excluding carboxylic acids is 4. The first-order valence-corrected chi connectivity index (χ1v) is 10.4. The number of fused-ring (bicyclic) bond motifs is 1. The Bertz CT molecular complexity index is 1000. The van der Waals surface area contributed by atoms with Crippen LogP contribution in [-0.4, -0.2) is 47.8 Å². The minimum absolute atomic E-state index is 0.119. The molecule has 162 valence electrons. The Labute approximate surface area is 181 Å². The SMILES string of the molecule is CCCCN1C(=O)c2ccc(C(=O)OCC(=O)N(c3ccccc3)C(C)C)cc2C1=O. The molecule has 0 fully saturated rings. The number of para-hydroxylation sites is 1. The summed E-state index contributed by atoms with van der Waals surface area (Å²) in [4.78, 5) is 53.0. The molecule has 0 bridgehead atoms. The summed E-state index contributed by atoms with van der Waals surface area (Å²) in [6.07, 6.45) is 1.58. The van der Waals surface area contributed by atoms with E-state index in [9.17, 15) is 19.2 Å². The summed E-state index contributed by atoms with van der Waals surface area (Å²) in [5, 5.41) is 0. The van der Waals surface area contributed by atoms with Gasteiger partial charge in [-0.15, -0.1) is 0 Å². The Kier molecular flexibility index (Phi) is 6.84. The summed E-state index contributed by atoms with van der Waals surface area (Å²) >= 11 is 0. The Morgan fingerprint density at radius 3 is 2.32 bits per heavy atom. The average Bonchev–Trinajstić information content (AvgIpc) is 3.00. The van der Waals surface area contributed by atoms with Crippen molar-refractivity contribution in [2.45, 2.75) is 39.7 Å². The first-order chi connectivity index (χ1) is 14.8. The molecule has 0 aromatic heterocycles. The molecule has 2 aromatic rings. The van der Waals surface area contributed by atoms with E-state index < -0.39 is 18.5 Å². The number of benzene rings is 2. The van der Waals surface area contributed by atoms with Gasteiger partial charge in [0.2, 0.25) is 0 Å². The zero-order valence-corrected chi connectivity index (χ0v) is 18.0. The Hall–Kier alpha value is -3.48. The van der Waals surface area contributed by atoms with Crippen LogP contribution in [-0.2, 0) is 9.53 Å². The summed E-state index contributed by atoms with van der Waals surface area (Å²) in [7, 11) is 0. The molecule has 0 saturated heterocycles. The van der Waals surface area contributed by atoms with Crippen molar-refractivity contribution in [2.24, 2.45) is 0 Å². The van der Waals surface area contributed by atoms with Crippen LogP contribution in [0.3, 0.4) is 0 Å². The predicted molar refractivity (Wildman–Crippen MR) is 116 cm³/mol. The van der Waals surface area contributed by atoms with Crippen LogP contribution < -0.4 is 4.90 Å². The van der Waals surface area contributed by atoms with E-state index in [-0.39, 0.29) is 34.5 Å². The fourth-order valence-electron chi connectivity index (χ4n) is 3.54. The number of hydrogen-bond donors (Lipinski definition) is 0. The van der Waals surface area contributed by atoms with Crippen LogP contribution in [0.25, 0.3) is 0 Å². The van der Waals surface area contributed by atoms with Gasteiger partial charge in [0.1, 0.15) is 0 Å². The van der Waals surface area contributed by atoms with Crippen molar-refractivity contribution in [3.05, 3.63) is 65.2 Å². The van der Waals surface area contributed by atoms with E-state index in [4.69, 9.17) is 4.74 Å². The molecule has 7 heteroatoms. The summed E-state index contributed by atoms with van der Waals surface area (Å²) in [5.74, 6) is -1.83. The minimum atomic E-state index is -0.722. The number of esters is 1. The molecule has 3 amide bonds. The van der Waals surface area contributed by atoms with Crippen molar-refractivity contribution >= 4 is 29.4 Å². The molecule has 0 saturated carbocycles. The number of hydrogen-bond acceptors (Lipinski definition) is 5. The summed E-state index contributed by atoms with van der Waals surface area (Å²) in [6.45, 7) is 5.65. The van der Waals surface area contributed by atoms with Crippen LogP contribution in [0, 0.1) is 0 Å². The maximum absolute atomic E-state index is 12.7. The van der Waals surface area contributed by atoms with E-state index in [0.717, 1.165) is 12.8 Å². The second-order valence-corrected chi connectivity index (χ2v) is 7.65. The quantitative estimate of drug-likeness (QED) is 0.479. The lowest BCUT2D eigenvalue weighted by Gasteiger charge is -2.26. The second-order valence-electron chi connectivity index (χ2n) is 7.65. The number of imide groups is 1. The van der Waals surface area contributed by atoms with Crippen molar-refractivity contribution in [3.8, 4) is 0 Å². The van der Waals surface area contributed by atoms with Crippen molar-refractivity contribution in [1.82, 2.24) is 4.90 Å². The number of nitrogens with zero attached hydrogens (tertiary/aromatic N) is 2. The molecule has 2 aromatic carbocycles. The van der Waals surface area contributed by atoms with Crippen molar-refractivity contribution in [2.75, 3.05) is 18.1 Å². The molecule has 7 nitrogen and oxygen atoms in total. The highest BCUT2D eigenvalue weighted by molar-refractivity contribution is 6.22. The number of ether oxygens (including phenoxy) is 1. The molecular weight excluding hydrogens is 396 g/mol. The van der Waals surface area contributed by atoms with Crippen molar-refractivity contribution in [1.29, 1.82) is 0 Å². The highest BCUT2D eigenvalue weighted by atomic mass is 16.5. The van der Waals surface area contributed by atoms with Crippen molar-refractivity contribution < 1.29 is 23.9 Å². The third-order valence-electron chi connectivity index (χ3n) is 5.09. The van der Waals surface area contributed by atoms with Gasteiger partial charge in [-0.2, -0.15) is 0 Å². The molecule has 0 N–H and O–H groups in total.